The molecular weight excluding hydrogens is 374 g/mol. The minimum atomic E-state index is -0.325. The highest BCUT2D eigenvalue weighted by Gasteiger charge is 2.72. The summed E-state index contributed by atoms with van der Waals surface area (Å²) in [5.74, 6) is 0.205. The third-order valence-electron chi connectivity index (χ3n) is 6.32. The molecule has 1 spiro atoms. The average molecular weight is 398 g/mol. The van der Waals surface area contributed by atoms with Crippen molar-refractivity contribution < 1.29 is 4.79 Å². The van der Waals surface area contributed by atoms with Crippen LogP contribution in [0.25, 0.3) is 0 Å². The number of carbonyl (C=O) groups is 1. The van der Waals surface area contributed by atoms with Crippen molar-refractivity contribution in [1.29, 1.82) is 0 Å². The summed E-state index contributed by atoms with van der Waals surface area (Å²) in [4.78, 5) is 13.4. The van der Waals surface area contributed by atoms with E-state index in [-0.39, 0.29) is 22.8 Å². The molecule has 2 aromatic rings. The highest BCUT2D eigenvalue weighted by Crippen LogP contribution is 2.72. The van der Waals surface area contributed by atoms with Gasteiger partial charge in [-0.1, -0.05) is 71.2 Å². The van der Waals surface area contributed by atoms with Crippen LogP contribution in [0.5, 0.6) is 0 Å². The van der Waals surface area contributed by atoms with E-state index in [1.54, 1.807) is 0 Å². The Morgan fingerprint density at radius 2 is 1.68 bits per heavy atom. The lowest BCUT2D eigenvalue weighted by atomic mass is 9.83. The third kappa shape index (κ3) is 2.73. The standard InChI is InChI=1S/C22H24BrNO/c1-16(17-9-11-19(23)12-10-17)24-20(25)22(18-7-3-2-4-8-18)15-21(22)13-5-6-14-21/h2-4,7-12,16H,5-6,13-15H2,1H3,(H,24,25). The van der Waals surface area contributed by atoms with Crippen LogP contribution in [0.1, 0.15) is 56.2 Å². The number of halogens is 1. The Morgan fingerprint density at radius 1 is 1.04 bits per heavy atom. The van der Waals surface area contributed by atoms with E-state index in [2.05, 4.69) is 64.6 Å². The molecule has 130 valence electrons. The van der Waals surface area contributed by atoms with Gasteiger partial charge in [-0.2, -0.15) is 0 Å². The molecule has 2 fully saturated rings. The number of carbonyl (C=O) groups excluding carboxylic acids is 1. The van der Waals surface area contributed by atoms with Crippen LogP contribution in [0.4, 0.5) is 0 Å². The van der Waals surface area contributed by atoms with Crippen LogP contribution in [0, 0.1) is 5.41 Å². The smallest absolute Gasteiger partial charge is 0.231 e. The summed E-state index contributed by atoms with van der Waals surface area (Å²) in [5.41, 5.74) is 2.20. The molecule has 3 heteroatoms. The van der Waals surface area contributed by atoms with Crippen LogP contribution >= 0.6 is 15.9 Å². The number of nitrogens with one attached hydrogen (secondary N) is 1. The van der Waals surface area contributed by atoms with Crippen LogP contribution in [-0.4, -0.2) is 5.91 Å². The molecule has 4 rings (SSSR count). The van der Waals surface area contributed by atoms with E-state index in [0.717, 1.165) is 16.5 Å². The summed E-state index contributed by atoms with van der Waals surface area (Å²) in [7, 11) is 0. The first-order valence-corrected chi connectivity index (χ1v) is 9.99. The van der Waals surface area contributed by atoms with E-state index < -0.39 is 0 Å². The highest BCUT2D eigenvalue weighted by atomic mass is 79.9. The molecule has 1 N–H and O–H groups in total. The Bertz CT molecular complexity index is 764. The Morgan fingerprint density at radius 3 is 2.32 bits per heavy atom. The van der Waals surface area contributed by atoms with Crippen LogP contribution in [0.2, 0.25) is 0 Å². The van der Waals surface area contributed by atoms with Crippen molar-refractivity contribution in [3.05, 3.63) is 70.2 Å². The van der Waals surface area contributed by atoms with Crippen molar-refractivity contribution in [2.45, 2.75) is 50.5 Å². The molecule has 2 unspecified atom stereocenters. The van der Waals surface area contributed by atoms with Gasteiger partial charge in [0, 0.05) is 4.47 Å². The quantitative estimate of drug-likeness (QED) is 0.721. The van der Waals surface area contributed by atoms with Crippen LogP contribution in [-0.2, 0) is 10.2 Å². The van der Waals surface area contributed by atoms with Gasteiger partial charge in [0.2, 0.25) is 5.91 Å². The highest BCUT2D eigenvalue weighted by molar-refractivity contribution is 9.10. The number of benzene rings is 2. The Labute approximate surface area is 158 Å². The Balaban J connectivity index is 1.60. The second kappa shape index (κ2) is 6.28. The lowest BCUT2D eigenvalue weighted by molar-refractivity contribution is -0.125. The van der Waals surface area contributed by atoms with Crippen molar-refractivity contribution in [2.75, 3.05) is 0 Å². The topological polar surface area (TPSA) is 29.1 Å². The fourth-order valence-corrected chi connectivity index (χ4v) is 5.12. The van der Waals surface area contributed by atoms with Crippen LogP contribution in [0.3, 0.4) is 0 Å². The van der Waals surface area contributed by atoms with Gasteiger partial charge >= 0.3 is 0 Å². The molecule has 0 aliphatic heterocycles. The summed E-state index contributed by atoms with van der Waals surface area (Å²) >= 11 is 3.47. The molecule has 0 bridgehead atoms. The molecule has 2 aromatic carbocycles. The molecule has 1 amide bonds. The molecule has 2 nitrogen and oxygen atoms in total. The second-order valence-electron chi connectivity index (χ2n) is 7.68. The first-order chi connectivity index (χ1) is 12.1. The maximum absolute atomic E-state index is 13.4. The summed E-state index contributed by atoms with van der Waals surface area (Å²) < 4.78 is 1.06. The van der Waals surface area contributed by atoms with E-state index in [1.807, 2.05) is 18.2 Å². The minimum absolute atomic E-state index is 0.0141. The maximum atomic E-state index is 13.4. The summed E-state index contributed by atoms with van der Waals surface area (Å²) in [6, 6.07) is 18.6. The van der Waals surface area contributed by atoms with Crippen LogP contribution < -0.4 is 5.32 Å². The maximum Gasteiger partial charge on any atom is 0.231 e. The van der Waals surface area contributed by atoms with E-state index in [1.165, 1.54) is 31.2 Å². The number of rotatable bonds is 4. The first-order valence-electron chi connectivity index (χ1n) is 9.19. The SMILES string of the molecule is CC(NC(=O)C1(c2ccccc2)CC12CCCC2)c1ccc(Br)cc1. The largest absolute Gasteiger partial charge is 0.349 e. The van der Waals surface area contributed by atoms with Crippen molar-refractivity contribution in [1.82, 2.24) is 5.32 Å². The van der Waals surface area contributed by atoms with Crippen molar-refractivity contribution >= 4 is 21.8 Å². The van der Waals surface area contributed by atoms with E-state index in [4.69, 9.17) is 0 Å². The molecule has 2 saturated carbocycles. The van der Waals surface area contributed by atoms with Gasteiger partial charge in [-0.3, -0.25) is 4.79 Å². The summed E-state index contributed by atoms with van der Waals surface area (Å²) in [5, 5.41) is 3.31. The summed E-state index contributed by atoms with van der Waals surface area (Å²) in [6.45, 7) is 2.07. The number of hydrogen-bond donors (Lipinski definition) is 1. The van der Waals surface area contributed by atoms with Crippen LogP contribution in [0.15, 0.2) is 59.1 Å². The molecule has 0 radical (unpaired) electrons. The molecule has 2 aliphatic rings. The minimum Gasteiger partial charge on any atom is -0.349 e. The summed E-state index contributed by atoms with van der Waals surface area (Å²) in [6.07, 6.45) is 5.88. The lowest BCUT2D eigenvalue weighted by Gasteiger charge is -2.25. The van der Waals surface area contributed by atoms with E-state index in [9.17, 15) is 4.79 Å². The molecular formula is C22H24BrNO. The number of amides is 1. The Hall–Kier alpha value is -1.61. The fraction of sp³-hybridized carbons (Fsp3) is 0.409. The monoisotopic (exact) mass is 397 g/mol. The van der Waals surface area contributed by atoms with Gasteiger partial charge in [0.1, 0.15) is 0 Å². The van der Waals surface area contributed by atoms with Gasteiger partial charge in [0.15, 0.2) is 0 Å². The zero-order valence-electron chi connectivity index (χ0n) is 14.6. The van der Waals surface area contributed by atoms with Gasteiger partial charge in [0.25, 0.3) is 0 Å². The zero-order valence-corrected chi connectivity index (χ0v) is 16.2. The van der Waals surface area contributed by atoms with Gasteiger partial charge in [-0.25, -0.2) is 0 Å². The third-order valence-corrected chi connectivity index (χ3v) is 6.85. The molecule has 0 aromatic heterocycles. The fourth-order valence-electron chi connectivity index (χ4n) is 4.86. The average Bonchev–Trinajstić information content (AvgIpc) is 3.04. The van der Waals surface area contributed by atoms with Crippen molar-refractivity contribution in [3.63, 3.8) is 0 Å². The molecule has 2 atom stereocenters. The second-order valence-corrected chi connectivity index (χ2v) is 8.60. The predicted octanol–water partition coefficient (Wildman–Crippen LogP) is 5.53. The van der Waals surface area contributed by atoms with Crippen molar-refractivity contribution in [3.8, 4) is 0 Å². The normalized spacial score (nSPS) is 24.9. The van der Waals surface area contributed by atoms with E-state index >= 15 is 0 Å². The van der Waals surface area contributed by atoms with Gasteiger partial charge in [0.05, 0.1) is 11.5 Å². The first kappa shape index (κ1) is 16.8. The Kier molecular flexibility index (Phi) is 4.23. The molecule has 0 saturated heterocycles. The molecule has 25 heavy (non-hydrogen) atoms. The number of hydrogen-bond acceptors (Lipinski definition) is 1. The van der Waals surface area contributed by atoms with E-state index in [0.29, 0.717) is 0 Å². The van der Waals surface area contributed by atoms with Gasteiger partial charge in [-0.15, -0.1) is 0 Å². The molecule has 2 aliphatic carbocycles. The molecule has 0 heterocycles. The lowest BCUT2D eigenvalue weighted by Crippen LogP contribution is -2.39. The van der Waals surface area contributed by atoms with Crippen molar-refractivity contribution in [2.24, 2.45) is 5.41 Å². The zero-order chi connectivity index (χ0) is 17.5. The predicted molar refractivity (Wildman–Crippen MR) is 104 cm³/mol. The van der Waals surface area contributed by atoms with Gasteiger partial charge < -0.3 is 5.32 Å². The van der Waals surface area contributed by atoms with Gasteiger partial charge in [-0.05, 0) is 54.9 Å².